The second-order valence-electron chi connectivity index (χ2n) is 8.91. The van der Waals surface area contributed by atoms with Crippen LogP contribution in [0.2, 0.25) is 0 Å². The van der Waals surface area contributed by atoms with Crippen molar-refractivity contribution in [2.24, 2.45) is 17.6 Å². The summed E-state index contributed by atoms with van der Waals surface area (Å²) < 4.78 is 0. The van der Waals surface area contributed by atoms with E-state index in [1.807, 2.05) is 0 Å². The van der Waals surface area contributed by atoms with Gasteiger partial charge in [0.1, 0.15) is 17.1 Å². The number of nitrogens with zero attached hydrogens (tertiary/aromatic N) is 1. The number of rotatable bonds is 2. The van der Waals surface area contributed by atoms with E-state index in [1.54, 1.807) is 12.1 Å². The topological polar surface area (TPSA) is 182 Å². The maximum absolute atomic E-state index is 13.7. The molecule has 0 saturated heterocycles. The van der Waals surface area contributed by atoms with Gasteiger partial charge in [-0.3, -0.25) is 19.3 Å². The lowest BCUT2D eigenvalue weighted by atomic mass is 9.53. The quantitative estimate of drug-likeness (QED) is 0.308. The van der Waals surface area contributed by atoms with Crippen LogP contribution in [0.4, 0.5) is 0 Å². The minimum Gasteiger partial charge on any atom is -0.508 e. The number of benzene rings is 1. The highest BCUT2D eigenvalue weighted by Crippen LogP contribution is 2.56. The van der Waals surface area contributed by atoms with E-state index in [0.717, 1.165) is 0 Å². The molecule has 1 aromatic carbocycles. The molecule has 7 N–H and O–H groups in total. The predicted molar refractivity (Wildman–Crippen MR) is 110 cm³/mol. The number of aliphatic hydroxyl groups excluding tert-OH is 3. The van der Waals surface area contributed by atoms with Crippen molar-refractivity contribution in [3.8, 4) is 0 Å². The number of carbonyl (C=O) groups is 3. The molecular weight excluding hydrogens is 420 g/mol. The number of carbonyl (C=O) groups excluding carboxylic acids is 3. The summed E-state index contributed by atoms with van der Waals surface area (Å²) in [4.78, 5) is 39.9. The number of nitrogens with two attached hydrogens (primary N) is 1. The highest BCUT2D eigenvalue weighted by Gasteiger charge is 2.69. The van der Waals surface area contributed by atoms with E-state index in [2.05, 4.69) is 0 Å². The van der Waals surface area contributed by atoms with Gasteiger partial charge in [-0.05, 0) is 26.6 Å². The van der Waals surface area contributed by atoms with Crippen LogP contribution in [0.3, 0.4) is 0 Å². The number of hydrogen-bond acceptors (Lipinski definition) is 9. The van der Waals surface area contributed by atoms with Crippen molar-refractivity contribution >= 4 is 23.2 Å². The molecule has 10 heteroatoms. The van der Waals surface area contributed by atoms with Gasteiger partial charge in [0.2, 0.25) is 5.78 Å². The number of amides is 1. The van der Waals surface area contributed by atoms with Gasteiger partial charge in [0, 0.05) is 5.56 Å². The zero-order valence-electron chi connectivity index (χ0n) is 17.6. The lowest BCUT2D eigenvalue weighted by Crippen LogP contribution is -2.71. The van der Waals surface area contributed by atoms with Crippen molar-refractivity contribution in [1.82, 2.24) is 4.90 Å². The summed E-state index contributed by atoms with van der Waals surface area (Å²) >= 11 is 0. The monoisotopic (exact) mass is 444 g/mol. The summed E-state index contributed by atoms with van der Waals surface area (Å²) in [5.74, 6) is -8.53. The molecule has 0 aliphatic heterocycles. The van der Waals surface area contributed by atoms with Crippen LogP contribution in [0, 0.1) is 11.8 Å². The SMILES string of the molecule is CN(C)[C@@H]1C(=O)C(C(N)=O)=C(O)[C@]2(O)C(=O)C3=C(O)c4ccccc4[C@](C)(O)[C@@H]3[C@H](O)[C@H]12. The second kappa shape index (κ2) is 6.72. The van der Waals surface area contributed by atoms with Crippen LogP contribution in [0.25, 0.3) is 5.76 Å². The average Bonchev–Trinajstić information content (AvgIpc) is 2.70. The molecule has 0 heterocycles. The summed E-state index contributed by atoms with van der Waals surface area (Å²) in [7, 11) is 2.86. The first-order valence-electron chi connectivity index (χ1n) is 9.94. The van der Waals surface area contributed by atoms with Crippen LogP contribution < -0.4 is 5.73 Å². The van der Waals surface area contributed by atoms with Crippen LogP contribution in [0.1, 0.15) is 18.1 Å². The van der Waals surface area contributed by atoms with E-state index in [9.17, 15) is 39.9 Å². The zero-order valence-corrected chi connectivity index (χ0v) is 17.6. The van der Waals surface area contributed by atoms with Crippen molar-refractivity contribution in [2.75, 3.05) is 14.1 Å². The zero-order chi connectivity index (χ0) is 23.9. The van der Waals surface area contributed by atoms with Crippen molar-refractivity contribution < 1.29 is 39.9 Å². The van der Waals surface area contributed by atoms with Crippen LogP contribution in [0.5, 0.6) is 0 Å². The smallest absolute Gasteiger partial charge is 0.255 e. The molecule has 6 atom stereocenters. The molecule has 0 bridgehead atoms. The Morgan fingerprint density at radius 1 is 1.12 bits per heavy atom. The fourth-order valence-corrected chi connectivity index (χ4v) is 5.53. The minimum atomic E-state index is -2.94. The van der Waals surface area contributed by atoms with Crippen molar-refractivity contribution in [3.63, 3.8) is 0 Å². The highest BCUT2D eigenvalue weighted by molar-refractivity contribution is 6.24. The van der Waals surface area contributed by atoms with E-state index in [1.165, 1.54) is 38.1 Å². The number of ketones is 2. The lowest BCUT2D eigenvalue weighted by Gasteiger charge is -2.55. The Labute approximate surface area is 182 Å². The molecule has 1 aromatic rings. The molecule has 4 rings (SSSR count). The molecule has 0 spiro atoms. The van der Waals surface area contributed by atoms with E-state index in [-0.39, 0.29) is 11.1 Å². The molecule has 0 unspecified atom stereocenters. The van der Waals surface area contributed by atoms with Crippen molar-refractivity contribution in [1.29, 1.82) is 0 Å². The minimum absolute atomic E-state index is 0.112. The summed E-state index contributed by atoms with van der Waals surface area (Å²) in [5, 5.41) is 56.0. The van der Waals surface area contributed by atoms with Gasteiger partial charge in [0.15, 0.2) is 11.4 Å². The lowest BCUT2D eigenvalue weighted by molar-refractivity contribution is -0.181. The third-order valence-corrected chi connectivity index (χ3v) is 6.94. The maximum atomic E-state index is 13.7. The van der Waals surface area contributed by atoms with Crippen molar-refractivity contribution in [2.45, 2.75) is 30.3 Å². The molecule has 10 nitrogen and oxygen atoms in total. The van der Waals surface area contributed by atoms with Crippen LogP contribution in [-0.4, -0.2) is 79.7 Å². The standard InChI is InChI=1S/C22H24N2O8/c1-21(31)9-7-5-4-6-8(9)15(25)10-12(21)17(27)13-14(24(2)3)16(26)11(20(23)30)19(29)22(13,32)18(10)28/h4-7,12-14,17,25,27,29,31-32H,1-3H3,(H2,23,30)/t12-,13-,14-,17-,21-,22+/m0/s1. The summed E-state index contributed by atoms with van der Waals surface area (Å²) in [6.45, 7) is 1.35. The molecule has 1 fully saturated rings. The van der Waals surface area contributed by atoms with Crippen molar-refractivity contribution in [3.05, 3.63) is 52.3 Å². The summed E-state index contributed by atoms with van der Waals surface area (Å²) in [6, 6.07) is 4.72. The first-order chi connectivity index (χ1) is 14.8. The number of likely N-dealkylation sites (N-methyl/N-ethyl adjacent to an activating group) is 1. The Morgan fingerprint density at radius 2 is 1.72 bits per heavy atom. The number of fused-ring (bicyclic) bond motifs is 3. The molecule has 3 aliphatic rings. The van der Waals surface area contributed by atoms with Gasteiger partial charge in [-0.15, -0.1) is 0 Å². The third kappa shape index (κ3) is 2.46. The Hall–Kier alpha value is -3.05. The molecule has 170 valence electrons. The fraction of sp³-hybridized carbons (Fsp3) is 0.409. The molecule has 32 heavy (non-hydrogen) atoms. The predicted octanol–water partition coefficient (Wildman–Crippen LogP) is -1.11. The van der Waals surface area contributed by atoms with Gasteiger partial charge >= 0.3 is 0 Å². The first-order valence-corrected chi connectivity index (χ1v) is 9.94. The average molecular weight is 444 g/mol. The molecule has 0 aromatic heterocycles. The second-order valence-corrected chi connectivity index (χ2v) is 8.91. The van der Waals surface area contributed by atoms with E-state index in [4.69, 9.17) is 5.73 Å². The summed E-state index contributed by atoms with van der Waals surface area (Å²) in [6.07, 6.45) is -1.79. The Morgan fingerprint density at radius 3 is 2.28 bits per heavy atom. The van der Waals surface area contributed by atoms with Gasteiger partial charge < -0.3 is 31.3 Å². The maximum Gasteiger partial charge on any atom is 0.255 e. The highest BCUT2D eigenvalue weighted by atomic mass is 16.4. The number of aliphatic hydroxyl groups is 5. The fourth-order valence-electron chi connectivity index (χ4n) is 5.53. The van der Waals surface area contributed by atoms with Gasteiger partial charge in [-0.25, -0.2) is 0 Å². The van der Waals surface area contributed by atoms with Gasteiger partial charge in [-0.1, -0.05) is 24.3 Å². The van der Waals surface area contributed by atoms with Crippen LogP contribution in [-0.2, 0) is 20.0 Å². The Bertz CT molecular complexity index is 1130. The van der Waals surface area contributed by atoms with Gasteiger partial charge in [0.25, 0.3) is 5.91 Å². The molecule has 0 radical (unpaired) electrons. The largest absolute Gasteiger partial charge is 0.508 e. The van der Waals surface area contributed by atoms with E-state index < -0.39 is 75.3 Å². The van der Waals surface area contributed by atoms with Crippen LogP contribution >= 0.6 is 0 Å². The van der Waals surface area contributed by atoms with Crippen LogP contribution in [0.15, 0.2) is 41.2 Å². The molecular formula is C22H24N2O8. The van der Waals surface area contributed by atoms with E-state index in [0.29, 0.717) is 0 Å². The molecule has 3 aliphatic carbocycles. The van der Waals surface area contributed by atoms with E-state index >= 15 is 0 Å². The Kier molecular flexibility index (Phi) is 4.65. The number of hydrogen-bond donors (Lipinski definition) is 6. The normalized spacial score (nSPS) is 36.7. The Balaban J connectivity index is 2.09. The third-order valence-electron chi connectivity index (χ3n) is 6.94. The first kappa shape index (κ1) is 22.2. The summed E-state index contributed by atoms with van der Waals surface area (Å²) in [5.41, 5.74) is -0.672. The number of primary amides is 1. The molecule has 1 amide bonds. The molecule has 1 saturated carbocycles. The number of Topliss-reactive ketones (excluding diaryl/α,β-unsaturated/α-hetero) is 2. The van der Waals surface area contributed by atoms with Gasteiger partial charge in [-0.2, -0.15) is 0 Å². The van der Waals surface area contributed by atoms with Gasteiger partial charge in [0.05, 0.1) is 35.2 Å².